The number of aryl methyl sites for hydroxylation is 1. The summed E-state index contributed by atoms with van der Waals surface area (Å²) in [5.74, 6) is 0.855. The number of aromatic nitrogens is 1. The molecule has 0 atom stereocenters. The molecule has 4 nitrogen and oxygen atoms in total. The van der Waals surface area contributed by atoms with Gasteiger partial charge in [0.2, 0.25) is 0 Å². The highest BCUT2D eigenvalue weighted by molar-refractivity contribution is 7.09. The maximum Gasteiger partial charge on any atom is 0.270 e. The number of hydrogen-bond acceptors (Lipinski definition) is 4. The number of nitrogens with one attached hydrogen (secondary N) is 1. The van der Waals surface area contributed by atoms with E-state index in [1.165, 1.54) is 43.8 Å². The maximum atomic E-state index is 11.8. The number of unbranched alkanes of at least 4 members (excludes halogenated alkanes) is 1. The van der Waals surface area contributed by atoms with Gasteiger partial charge in [-0.25, -0.2) is 4.98 Å². The van der Waals surface area contributed by atoms with E-state index >= 15 is 0 Å². The maximum absolute atomic E-state index is 11.8. The standard InChI is InChI=1S/C15H25N3OS/c1-12-5-9-18(10-6-12)8-4-3-7-16-15(19)14-11-20-13(2)17-14/h11-12H,3-10H2,1-2H3,(H,16,19). The fraction of sp³-hybridized carbons (Fsp3) is 0.733. The van der Waals surface area contributed by atoms with Crippen molar-refractivity contribution in [1.82, 2.24) is 15.2 Å². The van der Waals surface area contributed by atoms with Gasteiger partial charge in [0.1, 0.15) is 5.69 Å². The highest BCUT2D eigenvalue weighted by Crippen LogP contribution is 2.16. The zero-order chi connectivity index (χ0) is 14.4. The van der Waals surface area contributed by atoms with Crippen LogP contribution in [0.2, 0.25) is 0 Å². The smallest absolute Gasteiger partial charge is 0.270 e. The van der Waals surface area contributed by atoms with E-state index in [9.17, 15) is 4.79 Å². The van der Waals surface area contributed by atoms with E-state index in [0.717, 1.165) is 30.3 Å². The minimum Gasteiger partial charge on any atom is -0.351 e. The molecule has 0 aromatic carbocycles. The van der Waals surface area contributed by atoms with Crippen molar-refractivity contribution in [2.24, 2.45) is 5.92 Å². The van der Waals surface area contributed by atoms with Gasteiger partial charge in [-0.05, 0) is 58.2 Å². The first-order valence-electron chi connectivity index (χ1n) is 7.58. The van der Waals surface area contributed by atoms with Gasteiger partial charge in [-0.2, -0.15) is 0 Å². The molecule has 1 fully saturated rings. The van der Waals surface area contributed by atoms with Gasteiger partial charge in [-0.1, -0.05) is 6.92 Å². The number of thiazole rings is 1. The van der Waals surface area contributed by atoms with E-state index in [2.05, 4.69) is 22.1 Å². The summed E-state index contributed by atoms with van der Waals surface area (Å²) in [5, 5.41) is 5.70. The van der Waals surface area contributed by atoms with Crippen LogP contribution in [0, 0.1) is 12.8 Å². The second-order valence-electron chi connectivity index (χ2n) is 5.74. The summed E-state index contributed by atoms with van der Waals surface area (Å²) >= 11 is 1.52. The predicted molar refractivity (Wildman–Crippen MR) is 83.3 cm³/mol. The molecular weight excluding hydrogens is 270 g/mol. The first-order chi connectivity index (χ1) is 9.65. The SMILES string of the molecule is Cc1nc(C(=O)NCCCCN2CCC(C)CC2)cs1. The Kier molecular flexibility index (Phi) is 5.98. The molecule has 2 heterocycles. The summed E-state index contributed by atoms with van der Waals surface area (Å²) in [4.78, 5) is 18.5. The van der Waals surface area contributed by atoms with Gasteiger partial charge >= 0.3 is 0 Å². The molecule has 1 amide bonds. The minimum atomic E-state index is -0.0406. The van der Waals surface area contributed by atoms with Crippen molar-refractivity contribution in [3.63, 3.8) is 0 Å². The molecule has 112 valence electrons. The summed E-state index contributed by atoms with van der Waals surface area (Å²) in [6.07, 6.45) is 4.87. The summed E-state index contributed by atoms with van der Waals surface area (Å²) in [6.45, 7) is 8.66. The quantitative estimate of drug-likeness (QED) is 0.821. The van der Waals surface area contributed by atoms with Gasteiger partial charge in [0.15, 0.2) is 0 Å². The highest BCUT2D eigenvalue weighted by Gasteiger charge is 2.14. The molecule has 1 N–H and O–H groups in total. The van der Waals surface area contributed by atoms with Crippen molar-refractivity contribution < 1.29 is 4.79 Å². The van der Waals surface area contributed by atoms with Crippen LogP contribution in [0.25, 0.3) is 0 Å². The van der Waals surface area contributed by atoms with E-state index in [-0.39, 0.29) is 5.91 Å². The lowest BCUT2D eigenvalue weighted by molar-refractivity contribution is 0.0947. The Balaban J connectivity index is 1.54. The second-order valence-corrected chi connectivity index (χ2v) is 6.80. The van der Waals surface area contributed by atoms with Crippen LogP contribution in [0.15, 0.2) is 5.38 Å². The van der Waals surface area contributed by atoms with Crippen molar-refractivity contribution in [2.75, 3.05) is 26.2 Å². The zero-order valence-electron chi connectivity index (χ0n) is 12.5. The molecule has 20 heavy (non-hydrogen) atoms. The fourth-order valence-corrected chi connectivity index (χ4v) is 3.10. The van der Waals surface area contributed by atoms with Crippen molar-refractivity contribution in [3.8, 4) is 0 Å². The number of amides is 1. The Morgan fingerprint density at radius 3 is 2.85 bits per heavy atom. The Morgan fingerprint density at radius 1 is 1.45 bits per heavy atom. The summed E-state index contributed by atoms with van der Waals surface area (Å²) in [7, 11) is 0. The van der Waals surface area contributed by atoms with Crippen LogP contribution in [0.3, 0.4) is 0 Å². The third kappa shape index (κ3) is 4.87. The van der Waals surface area contributed by atoms with Crippen LogP contribution in [0.1, 0.15) is 48.1 Å². The van der Waals surface area contributed by atoms with Crippen molar-refractivity contribution in [3.05, 3.63) is 16.1 Å². The molecule has 5 heteroatoms. The van der Waals surface area contributed by atoms with E-state index in [4.69, 9.17) is 0 Å². The molecule has 1 aliphatic heterocycles. The van der Waals surface area contributed by atoms with Gasteiger partial charge in [0.25, 0.3) is 5.91 Å². The number of hydrogen-bond donors (Lipinski definition) is 1. The Hall–Kier alpha value is -0.940. The van der Waals surface area contributed by atoms with Gasteiger partial charge in [0.05, 0.1) is 5.01 Å². The van der Waals surface area contributed by atoms with Gasteiger partial charge in [-0.3, -0.25) is 4.79 Å². The highest BCUT2D eigenvalue weighted by atomic mass is 32.1. The van der Waals surface area contributed by atoms with Gasteiger partial charge < -0.3 is 10.2 Å². The fourth-order valence-electron chi connectivity index (χ4n) is 2.51. The van der Waals surface area contributed by atoms with Crippen LogP contribution < -0.4 is 5.32 Å². The molecule has 0 unspecified atom stereocenters. The molecule has 0 aliphatic carbocycles. The van der Waals surface area contributed by atoms with E-state index in [1.807, 2.05) is 12.3 Å². The molecule has 1 saturated heterocycles. The van der Waals surface area contributed by atoms with E-state index < -0.39 is 0 Å². The molecule has 0 radical (unpaired) electrons. The molecule has 1 aliphatic rings. The predicted octanol–water partition coefficient (Wildman–Crippen LogP) is 2.69. The lowest BCUT2D eigenvalue weighted by Crippen LogP contribution is -2.34. The molecule has 0 bridgehead atoms. The molecule has 1 aromatic rings. The third-order valence-electron chi connectivity index (χ3n) is 3.91. The summed E-state index contributed by atoms with van der Waals surface area (Å²) in [5.41, 5.74) is 0.553. The number of nitrogens with zero attached hydrogens (tertiary/aromatic N) is 2. The van der Waals surface area contributed by atoms with Crippen LogP contribution in [0.4, 0.5) is 0 Å². The van der Waals surface area contributed by atoms with E-state index in [0.29, 0.717) is 5.69 Å². The third-order valence-corrected chi connectivity index (χ3v) is 4.69. The first kappa shape index (κ1) is 15.4. The monoisotopic (exact) mass is 295 g/mol. The van der Waals surface area contributed by atoms with E-state index in [1.54, 1.807) is 0 Å². The van der Waals surface area contributed by atoms with Crippen LogP contribution in [-0.4, -0.2) is 42.0 Å². The largest absolute Gasteiger partial charge is 0.351 e. The Bertz CT molecular complexity index is 425. The lowest BCUT2D eigenvalue weighted by atomic mass is 9.99. The second kappa shape index (κ2) is 7.74. The van der Waals surface area contributed by atoms with Crippen molar-refractivity contribution >= 4 is 17.2 Å². The normalized spacial score (nSPS) is 17.3. The molecular formula is C15H25N3OS. The minimum absolute atomic E-state index is 0.0406. The number of likely N-dealkylation sites (tertiary alicyclic amines) is 1. The summed E-state index contributed by atoms with van der Waals surface area (Å²) in [6, 6.07) is 0. The van der Waals surface area contributed by atoms with Gasteiger partial charge in [-0.15, -0.1) is 11.3 Å². The average molecular weight is 295 g/mol. The number of carbonyl (C=O) groups excluding carboxylic acids is 1. The topological polar surface area (TPSA) is 45.2 Å². The lowest BCUT2D eigenvalue weighted by Gasteiger charge is -2.30. The molecule has 2 rings (SSSR count). The first-order valence-corrected chi connectivity index (χ1v) is 8.46. The van der Waals surface area contributed by atoms with Crippen molar-refractivity contribution in [2.45, 2.75) is 39.5 Å². The van der Waals surface area contributed by atoms with Crippen LogP contribution >= 0.6 is 11.3 Å². The number of piperidine rings is 1. The number of carbonyl (C=O) groups is 1. The van der Waals surface area contributed by atoms with Crippen LogP contribution in [-0.2, 0) is 0 Å². The average Bonchev–Trinajstić information content (AvgIpc) is 2.87. The van der Waals surface area contributed by atoms with Crippen molar-refractivity contribution in [1.29, 1.82) is 0 Å². The number of rotatable bonds is 6. The molecule has 0 saturated carbocycles. The Morgan fingerprint density at radius 2 is 2.20 bits per heavy atom. The molecule has 1 aromatic heterocycles. The van der Waals surface area contributed by atoms with Crippen LogP contribution in [0.5, 0.6) is 0 Å². The zero-order valence-corrected chi connectivity index (χ0v) is 13.3. The molecule has 0 spiro atoms. The van der Waals surface area contributed by atoms with Gasteiger partial charge in [0, 0.05) is 11.9 Å². The Labute approximate surface area is 125 Å². The summed E-state index contributed by atoms with van der Waals surface area (Å²) < 4.78 is 0.